The van der Waals surface area contributed by atoms with E-state index in [0.717, 1.165) is 37.0 Å². The van der Waals surface area contributed by atoms with Crippen LogP contribution in [0.1, 0.15) is 57.1 Å². The van der Waals surface area contributed by atoms with Gasteiger partial charge in [0.1, 0.15) is 0 Å². The number of rotatable bonds is 6. The summed E-state index contributed by atoms with van der Waals surface area (Å²) in [5.41, 5.74) is 6.27. The normalized spacial score (nSPS) is 20.0. The number of hydrogen-bond acceptors (Lipinski definition) is 4. The van der Waals surface area contributed by atoms with Crippen molar-refractivity contribution in [1.29, 1.82) is 0 Å². The average molecular weight is 355 g/mol. The number of carbonyl (C=O) groups excluding carboxylic acids is 1. The van der Waals surface area contributed by atoms with E-state index in [9.17, 15) is 4.79 Å². The van der Waals surface area contributed by atoms with Crippen LogP contribution in [0.3, 0.4) is 0 Å². The van der Waals surface area contributed by atoms with Gasteiger partial charge >= 0.3 is 0 Å². The smallest absolute Gasteiger partial charge is 0.240 e. The van der Waals surface area contributed by atoms with Crippen molar-refractivity contribution >= 4 is 18.3 Å². The first-order valence-electron chi connectivity index (χ1n) is 8.46. The van der Waals surface area contributed by atoms with Gasteiger partial charge in [0.05, 0.1) is 24.8 Å². The van der Waals surface area contributed by atoms with Crippen LogP contribution in [-0.2, 0) is 4.79 Å². The number of halogens is 1. The zero-order valence-corrected chi connectivity index (χ0v) is 15.2. The van der Waals surface area contributed by atoms with E-state index in [1.165, 1.54) is 12.8 Å². The van der Waals surface area contributed by atoms with Crippen LogP contribution in [0, 0.1) is 0 Å². The Hall–Kier alpha value is -1.46. The summed E-state index contributed by atoms with van der Waals surface area (Å²) < 4.78 is 11.5. The molecule has 6 heteroatoms. The third kappa shape index (κ3) is 4.14. The van der Waals surface area contributed by atoms with Gasteiger partial charge < -0.3 is 20.5 Å². The third-order valence-electron chi connectivity index (χ3n) is 4.87. The maximum absolute atomic E-state index is 12.1. The molecule has 0 radical (unpaired) electrons. The summed E-state index contributed by atoms with van der Waals surface area (Å²) in [5.74, 6) is 1.42. The molecule has 0 spiro atoms. The maximum Gasteiger partial charge on any atom is 0.240 e. The van der Waals surface area contributed by atoms with Crippen LogP contribution in [0.25, 0.3) is 0 Å². The van der Waals surface area contributed by atoms with Crippen molar-refractivity contribution < 1.29 is 14.3 Å². The van der Waals surface area contributed by atoms with E-state index in [1.54, 1.807) is 7.11 Å². The van der Waals surface area contributed by atoms with Crippen LogP contribution in [-0.4, -0.2) is 24.7 Å². The molecule has 0 saturated heterocycles. The minimum Gasteiger partial charge on any atom is -0.493 e. The molecule has 1 aromatic rings. The quantitative estimate of drug-likeness (QED) is 0.823. The molecule has 0 bridgehead atoms. The number of carbonyl (C=O) groups is 1. The standard InChI is InChI=1S/C18H26N2O3.ClH/c1-12(20-17(21)18(19)9-10-18)13-7-8-15(16(11-13)22-2)23-14-5-3-4-6-14;/h7-8,11-12,14H,3-6,9-10,19H2,1-2H3,(H,20,21);1H. The molecule has 0 aliphatic heterocycles. The molecule has 3 N–H and O–H groups in total. The lowest BCUT2D eigenvalue weighted by molar-refractivity contribution is -0.123. The molecular formula is C18H27ClN2O3. The average Bonchev–Trinajstić information content (AvgIpc) is 3.09. The molecule has 0 aromatic heterocycles. The lowest BCUT2D eigenvalue weighted by Gasteiger charge is -2.20. The van der Waals surface area contributed by atoms with Gasteiger partial charge in [-0.1, -0.05) is 6.07 Å². The maximum atomic E-state index is 12.1. The molecule has 1 atom stereocenters. The predicted molar refractivity (Wildman–Crippen MR) is 95.8 cm³/mol. The molecule has 1 unspecified atom stereocenters. The van der Waals surface area contributed by atoms with Crippen molar-refractivity contribution in [2.45, 2.75) is 63.1 Å². The monoisotopic (exact) mass is 354 g/mol. The van der Waals surface area contributed by atoms with Gasteiger partial charge in [-0.05, 0) is 63.1 Å². The van der Waals surface area contributed by atoms with Gasteiger partial charge in [-0.15, -0.1) is 12.4 Å². The molecule has 1 amide bonds. The first-order chi connectivity index (χ1) is 11.0. The highest BCUT2D eigenvalue weighted by Gasteiger charge is 2.46. The molecule has 24 heavy (non-hydrogen) atoms. The Balaban J connectivity index is 0.00000208. The van der Waals surface area contributed by atoms with Crippen molar-refractivity contribution in [2.24, 2.45) is 5.73 Å². The third-order valence-corrected chi connectivity index (χ3v) is 4.87. The molecule has 2 fully saturated rings. The first-order valence-corrected chi connectivity index (χ1v) is 8.46. The molecule has 2 saturated carbocycles. The zero-order chi connectivity index (χ0) is 16.4. The Bertz CT molecular complexity index is 584. The number of nitrogens with two attached hydrogens (primary N) is 1. The SMILES string of the molecule is COc1cc(C(C)NC(=O)C2(N)CC2)ccc1OC1CCCC1.Cl. The van der Waals surface area contributed by atoms with Gasteiger partial charge in [0.2, 0.25) is 5.91 Å². The minimum atomic E-state index is -0.649. The molecule has 0 heterocycles. The van der Waals surface area contributed by atoms with E-state index in [2.05, 4.69) is 5.32 Å². The molecule has 5 nitrogen and oxygen atoms in total. The number of amides is 1. The fourth-order valence-electron chi connectivity index (χ4n) is 3.02. The molecular weight excluding hydrogens is 328 g/mol. The van der Waals surface area contributed by atoms with Crippen LogP contribution in [0.2, 0.25) is 0 Å². The van der Waals surface area contributed by atoms with E-state index in [-0.39, 0.29) is 24.4 Å². The Morgan fingerprint density at radius 2 is 1.96 bits per heavy atom. The molecule has 2 aliphatic carbocycles. The minimum absolute atomic E-state index is 0. The fraction of sp³-hybridized carbons (Fsp3) is 0.611. The van der Waals surface area contributed by atoms with E-state index < -0.39 is 5.54 Å². The second-order valence-electron chi connectivity index (χ2n) is 6.79. The summed E-state index contributed by atoms with van der Waals surface area (Å²) in [4.78, 5) is 12.1. The zero-order valence-electron chi connectivity index (χ0n) is 14.3. The van der Waals surface area contributed by atoms with Crippen molar-refractivity contribution in [2.75, 3.05) is 7.11 Å². The molecule has 1 aromatic carbocycles. The summed E-state index contributed by atoms with van der Waals surface area (Å²) in [7, 11) is 1.64. The lowest BCUT2D eigenvalue weighted by atomic mass is 10.1. The van der Waals surface area contributed by atoms with Crippen molar-refractivity contribution in [3.05, 3.63) is 23.8 Å². The second-order valence-corrected chi connectivity index (χ2v) is 6.79. The van der Waals surface area contributed by atoms with Crippen LogP contribution in [0.4, 0.5) is 0 Å². The van der Waals surface area contributed by atoms with Gasteiger partial charge in [-0.25, -0.2) is 0 Å². The van der Waals surface area contributed by atoms with Gasteiger partial charge in [-0.3, -0.25) is 4.79 Å². The number of hydrogen-bond donors (Lipinski definition) is 2. The number of ether oxygens (including phenoxy) is 2. The summed E-state index contributed by atoms with van der Waals surface area (Å²) >= 11 is 0. The fourth-order valence-corrected chi connectivity index (χ4v) is 3.02. The van der Waals surface area contributed by atoms with Gasteiger partial charge in [-0.2, -0.15) is 0 Å². The number of benzene rings is 1. The molecule has 2 aliphatic rings. The van der Waals surface area contributed by atoms with Gasteiger partial charge in [0, 0.05) is 0 Å². The summed E-state index contributed by atoms with van der Waals surface area (Å²) in [6.45, 7) is 1.95. The highest BCUT2D eigenvalue weighted by atomic mass is 35.5. The first kappa shape index (κ1) is 18.9. The number of nitrogens with one attached hydrogen (secondary N) is 1. The lowest BCUT2D eigenvalue weighted by Crippen LogP contribution is -2.43. The highest BCUT2D eigenvalue weighted by Crippen LogP contribution is 2.35. The number of methoxy groups -OCH3 is 1. The summed E-state index contributed by atoms with van der Waals surface area (Å²) in [6, 6.07) is 5.74. The van der Waals surface area contributed by atoms with Crippen LogP contribution in [0.5, 0.6) is 11.5 Å². The van der Waals surface area contributed by atoms with Gasteiger partial charge in [0.25, 0.3) is 0 Å². The highest BCUT2D eigenvalue weighted by molar-refractivity contribution is 5.89. The Labute approximate surface area is 149 Å². The second kappa shape index (κ2) is 7.62. The van der Waals surface area contributed by atoms with E-state index in [4.69, 9.17) is 15.2 Å². The van der Waals surface area contributed by atoms with Crippen LogP contribution >= 0.6 is 12.4 Å². The summed E-state index contributed by atoms with van der Waals surface area (Å²) in [6.07, 6.45) is 6.50. The predicted octanol–water partition coefficient (Wildman–Crippen LogP) is 3.11. The van der Waals surface area contributed by atoms with Crippen molar-refractivity contribution in [3.8, 4) is 11.5 Å². The largest absolute Gasteiger partial charge is 0.493 e. The van der Waals surface area contributed by atoms with Crippen LogP contribution < -0.4 is 20.5 Å². The van der Waals surface area contributed by atoms with E-state index >= 15 is 0 Å². The van der Waals surface area contributed by atoms with E-state index in [1.807, 2.05) is 25.1 Å². The Morgan fingerprint density at radius 3 is 2.54 bits per heavy atom. The Morgan fingerprint density at radius 1 is 1.29 bits per heavy atom. The molecule has 134 valence electrons. The van der Waals surface area contributed by atoms with Crippen molar-refractivity contribution in [3.63, 3.8) is 0 Å². The van der Waals surface area contributed by atoms with Crippen LogP contribution in [0.15, 0.2) is 18.2 Å². The summed E-state index contributed by atoms with van der Waals surface area (Å²) in [5, 5.41) is 2.98. The van der Waals surface area contributed by atoms with Crippen molar-refractivity contribution in [1.82, 2.24) is 5.32 Å². The Kier molecular flexibility index (Phi) is 5.99. The topological polar surface area (TPSA) is 73.6 Å². The van der Waals surface area contributed by atoms with Gasteiger partial charge in [0.15, 0.2) is 11.5 Å². The molecule has 3 rings (SSSR count). The van der Waals surface area contributed by atoms with E-state index in [0.29, 0.717) is 11.9 Å².